The van der Waals surface area contributed by atoms with Gasteiger partial charge in [-0.2, -0.15) is 0 Å². The molecule has 30 heavy (non-hydrogen) atoms. The van der Waals surface area contributed by atoms with Crippen LogP contribution in [0.1, 0.15) is 37.3 Å². The van der Waals surface area contributed by atoms with Crippen molar-refractivity contribution in [3.8, 4) is 5.88 Å². The number of hydrogen-bond donors (Lipinski definition) is 2. The first-order valence-electron chi connectivity index (χ1n) is 10.6. The lowest BCUT2D eigenvalue weighted by molar-refractivity contribution is 0.198. The standard InChI is InChI=1S/C23H33N5O.HI/c1-3-16-29-22-20(10-7-13-25-22)17-26-23(24-2)27-21-11-14-28(15-12-21)18-19-8-5-4-6-9-19;/h4-10,13,21H,3,11-12,14-18H2,1-2H3,(H2,24,26,27);1H. The van der Waals surface area contributed by atoms with Gasteiger partial charge in [0.1, 0.15) is 0 Å². The van der Waals surface area contributed by atoms with Gasteiger partial charge in [0.2, 0.25) is 5.88 Å². The van der Waals surface area contributed by atoms with E-state index < -0.39 is 0 Å². The molecule has 0 spiro atoms. The summed E-state index contributed by atoms with van der Waals surface area (Å²) in [4.78, 5) is 11.3. The molecule has 2 heterocycles. The third kappa shape index (κ3) is 7.75. The summed E-state index contributed by atoms with van der Waals surface area (Å²) >= 11 is 0. The van der Waals surface area contributed by atoms with E-state index in [1.807, 2.05) is 19.2 Å². The Kier molecular flexibility index (Phi) is 10.9. The third-order valence-electron chi connectivity index (χ3n) is 5.14. The van der Waals surface area contributed by atoms with E-state index in [0.717, 1.165) is 50.4 Å². The predicted octanol–water partition coefficient (Wildman–Crippen LogP) is 3.82. The number of aromatic nitrogens is 1. The van der Waals surface area contributed by atoms with Gasteiger partial charge in [-0.05, 0) is 30.9 Å². The van der Waals surface area contributed by atoms with Gasteiger partial charge in [-0.25, -0.2) is 4.98 Å². The summed E-state index contributed by atoms with van der Waals surface area (Å²) in [6, 6.07) is 15.1. The number of nitrogens with zero attached hydrogens (tertiary/aromatic N) is 3. The summed E-state index contributed by atoms with van der Waals surface area (Å²) in [5, 5.41) is 6.98. The molecule has 6 nitrogen and oxygen atoms in total. The highest BCUT2D eigenvalue weighted by Crippen LogP contribution is 2.15. The van der Waals surface area contributed by atoms with Crippen molar-refractivity contribution >= 4 is 29.9 Å². The molecule has 3 rings (SSSR count). The van der Waals surface area contributed by atoms with Crippen LogP contribution in [0, 0.1) is 0 Å². The van der Waals surface area contributed by atoms with Gasteiger partial charge in [-0.15, -0.1) is 24.0 Å². The molecule has 1 aromatic carbocycles. The minimum absolute atomic E-state index is 0. The number of rotatable bonds is 8. The fourth-order valence-electron chi connectivity index (χ4n) is 3.53. The minimum Gasteiger partial charge on any atom is -0.477 e. The Morgan fingerprint density at radius 2 is 1.93 bits per heavy atom. The van der Waals surface area contributed by atoms with Crippen molar-refractivity contribution in [3.63, 3.8) is 0 Å². The Bertz CT molecular complexity index is 763. The first-order valence-corrected chi connectivity index (χ1v) is 10.6. The maximum atomic E-state index is 5.75. The lowest BCUT2D eigenvalue weighted by Crippen LogP contribution is -2.48. The molecule has 1 fully saturated rings. The van der Waals surface area contributed by atoms with Crippen LogP contribution in [0.4, 0.5) is 0 Å². The van der Waals surface area contributed by atoms with E-state index in [4.69, 9.17) is 4.74 Å². The van der Waals surface area contributed by atoms with E-state index in [-0.39, 0.29) is 24.0 Å². The highest BCUT2D eigenvalue weighted by molar-refractivity contribution is 14.0. The van der Waals surface area contributed by atoms with Crippen LogP contribution in [0.25, 0.3) is 0 Å². The highest BCUT2D eigenvalue weighted by atomic mass is 127. The number of pyridine rings is 1. The topological polar surface area (TPSA) is 61.8 Å². The zero-order valence-corrected chi connectivity index (χ0v) is 20.3. The number of halogens is 1. The SMILES string of the molecule is CCCOc1ncccc1CNC(=NC)NC1CCN(Cc2ccccc2)CC1.I. The maximum absolute atomic E-state index is 5.75. The normalized spacial score (nSPS) is 15.3. The molecule has 0 aliphatic carbocycles. The Morgan fingerprint density at radius 1 is 1.17 bits per heavy atom. The van der Waals surface area contributed by atoms with Gasteiger partial charge in [0.15, 0.2) is 5.96 Å². The molecule has 0 amide bonds. The lowest BCUT2D eigenvalue weighted by atomic mass is 10.0. The van der Waals surface area contributed by atoms with Gasteiger partial charge < -0.3 is 15.4 Å². The Balaban J connectivity index is 0.00000320. The van der Waals surface area contributed by atoms with E-state index in [0.29, 0.717) is 25.1 Å². The van der Waals surface area contributed by atoms with Crippen LogP contribution >= 0.6 is 24.0 Å². The van der Waals surface area contributed by atoms with Crippen molar-refractivity contribution < 1.29 is 4.74 Å². The molecule has 2 aromatic rings. The Hall–Kier alpha value is -1.87. The summed E-state index contributed by atoms with van der Waals surface area (Å²) in [6.07, 6.45) is 4.97. The average Bonchev–Trinajstić information content (AvgIpc) is 2.77. The smallest absolute Gasteiger partial charge is 0.218 e. The predicted molar refractivity (Wildman–Crippen MR) is 134 cm³/mol. The number of hydrogen-bond acceptors (Lipinski definition) is 4. The quantitative estimate of drug-likeness (QED) is 0.313. The largest absolute Gasteiger partial charge is 0.477 e. The molecular formula is C23H34IN5O. The molecule has 2 N–H and O–H groups in total. The van der Waals surface area contributed by atoms with Crippen LogP contribution < -0.4 is 15.4 Å². The van der Waals surface area contributed by atoms with Gasteiger partial charge in [0.25, 0.3) is 0 Å². The van der Waals surface area contributed by atoms with Crippen LogP contribution in [0.2, 0.25) is 0 Å². The van der Waals surface area contributed by atoms with Crippen molar-refractivity contribution in [2.24, 2.45) is 4.99 Å². The van der Waals surface area contributed by atoms with Gasteiger partial charge in [0.05, 0.1) is 6.61 Å². The number of ether oxygens (including phenoxy) is 1. The summed E-state index contributed by atoms with van der Waals surface area (Å²) in [7, 11) is 1.82. The molecular weight excluding hydrogens is 489 g/mol. The monoisotopic (exact) mass is 523 g/mol. The summed E-state index contributed by atoms with van der Waals surface area (Å²) in [5.74, 6) is 1.53. The molecule has 0 radical (unpaired) electrons. The van der Waals surface area contributed by atoms with Gasteiger partial charge in [0, 0.05) is 51.0 Å². The van der Waals surface area contributed by atoms with Crippen molar-refractivity contribution in [2.45, 2.75) is 45.3 Å². The number of guanidine groups is 1. The maximum Gasteiger partial charge on any atom is 0.218 e. The molecule has 1 aliphatic rings. The van der Waals surface area contributed by atoms with Crippen LogP contribution in [-0.4, -0.2) is 48.6 Å². The third-order valence-corrected chi connectivity index (χ3v) is 5.14. The molecule has 1 saturated heterocycles. The second-order valence-corrected chi connectivity index (χ2v) is 7.42. The summed E-state index contributed by atoms with van der Waals surface area (Å²) in [5.41, 5.74) is 2.43. The first-order chi connectivity index (χ1) is 14.3. The fraction of sp³-hybridized carbons (Fsp3) is 0.478. The number of benzene rings is 1. The van der Waals surface area contributed by atoms with Crippen LogP contribution in [0.15, 0.2) is 53.7 Å². The number of nitrogens with one attached hydrogen (secondary N) is 2. The highest BCUT2D eigenvalue weighted by Gasteiger charge is 2.20. The van der Waals surface area contributed by atoms with Crippen LogP contribution in [0.5, 0.6) is 5.88 Å². The molecule has 0 bridgehead atoms. The van der Waals surface area contributed by atoms with Crippen LogP contribution in [0.3, 0.4) is 0 Å². The van der Waals surface area contributed by atoms with Crippen molar-refractivity contribution in [2.75, 3.05) is 26.7 Å². The van der Waals surface area contributed by atoms with Crippen LogP contribution in [-0.2, 0) is 13.1 Å². The van der Waals surface area contributed by atoms with E-state index in [9.17, 15) is 0 Å². The minimum atomic E-state index is 0. The second kappa shape index (κ2) is 13.4. The Labute approximate surface area is 197 Å². The zero-order valence-electron chi connectivity index (χ0n) is 18.0. The molecule has 0 saturated carbocycles. The molecule has 1 aromatic heterocycles. The summed E-state index contributed by atoms with van der Waals surface area (Å²) in [6.45, 7) is 6.64. The Morgan fingerprint density at radius 3 is 2.63 bits per heavy atom. The molecule has 7 heteroatoms. The molecule has 1 aliphatic heterocycles. The zero-order chi connectivity index (χ0) is 20.3. The number of aliphatic imine (C=N–C) groups is 1. The van der Waals surface area contributed by atoms with Crippen molar-refractivity contribution in [3.05, 3.63) is 59.8 Å². The fourth-order valence-corrected chi connectivity index (χ4v) is 3.53. The first kappa shape index (κ1) is 24.4. The van der Waals surface area contributed by atoms with Gasteiger partial charge in [-0.1, -0.05) is 43.3 Å². The van der Waals surface area contributed by atoms with Crippen molar-refractivity contribution in [1.82, 2.24) is 20.5 Å². The van der Waals surface area contributed by atoms with Gasteiger partial charge >= 0.3 is 0 Å². The lowest BCUT2D eigenvalue weighted by Gasteiger charge is -2.33. The van der Waals surface area contributed by atoms with E-state index in [1.165, 1.54) is 5.56 Å². The molecule has 164 valence electrons. The molecule has 0 atom stereocenters. The molecule has 0 unspecified atom stereocenters. The van der Waals surface area contributed by atoms with E-state index in [2.05, 4.69) is 62.8 Å². The number of likely N-dealkylation sites (tertiary alicyclic amines) is 1. The second-order valence-electron chi connectivity index (χ2n) is 7.42. The summed E-state index contributed by atoms with van der Waals surface area (Å²) < 4.78 is 5.75. The van der Waals surface area contributed by atoms with E-state index in [1.54, 1.807) is 6.20 Å². The van der Waals surface area contributed by atoms with E-state index >= 15 is 0 Å². The average molecular weight is 523 g/mol. The van der Waals surface area contributed by atoms with Crippen molar-refractivity contribution in [1.29, 1.82) is 0 Å². The number of piperidine rings is 1. The van der Waals surface area contributed by atoms with Gasteiger partial charge in [-0.3, -0.25) is 9.89 Å².